The SMILES string of the molecule is Cc1ccc2nc(CCCl)n(-c3ccc(F)c(C)c3)c2n1. The fourth-order valence-electron chi connectivity index (χ4n) is 2.39. The maximum Gasteiger partial charge on any atom is 0.164 e. The average Bonchev–Trinajstić information content (AvgIpc) is 2.80. The van der Waals surface area contributed by atoms with Crippen molar-refractivity contribution in [2.45, 2.75) is 20.3 Å². The summed E-state index contributed by atoms with van der Waals surface area (Å²) < 4.78 is 15.5. The number of nitrogens with zero attached hydrogens (tertiary/aromatic N) is 3. The lowest BCUT2D eigenvalue weighted by atomic mass is 10.2. The number of hydrogen-bond acceptors (Lipinski definition) is 2. The molecule has 0 radical (unpaired) electrons. The minimum atomic E-state index is -0.216. The van der Waals surface area contributed by atoms with Gasteiger partial charge in [-0.25, -0.2) is 14.4 Å². The van der Waals surface area contributed by atoms with Crippen LogP contribution in [0.3, 0.4) is 0 Å². The van der Waals surface area contributed by atoms with Crippen LogP contribution in [-0.4, -0.2) is 20.4 Å². The lowest BCUT2D eigenvalue weighted by molar-refractivity contribution is 0.618. The highest BCUT2D eigenvalue weighted by Gasteiger charge is 2.14. The molecule has 2 heterocycles. The van der Waals surface area contributed by atoms with Crippen LogP contribution in [0.2, 0.25) is 0 Å². The van der Waals surface area contributed by atoms with Crippen molar-refractivity contribution in [3.8, 4) is 5.69 Å². The molecule has 0 spiro atoms. The summed E-state index contributed by atoms with van der Waals surface area (Å²) in [7, 11) is 0. The number of alkyl halides is 1. The molecule has 21 heavy (non-hydrogen) atoms. The minimum Gasteiger partial charge on any atom is -0.281 e. The van der Waals surface area contributed by atoms with Gasteiger partial charge in [0.05, 0.1) is 0 Å². The monoisotopic (exact) mass is 303 g/mol. The molecule has 2 aromatic heterocycles. The molecule has 108 valence electrons. The highest BCUT2D eigenvalue weighted by Crippen LogP contribution is 2.22. The van der Waals surface area contributed by atoms with E-state index in [9.17, 15) is 4.39 Å². The van der Waals surface area contributed by atoms with Crippen LogP contribution in [0.5, 0.6) is 0 Å². The smallest absolute Gasteiger partial charge is 0.164 e. The first-order valence-corrected chi connectivity index (χ1v) is 7.31. The molecule has 0 aliphatic rings. The van der Waals surface area contributed by atoms with Gasteiger partial charge in [0.15, 0.2) is 5.65 Å². The van der Waals surface area contributed by atoms with E-state index in [-0.39, 0.29) is 5.82 Å². The van der Waals surface area contributed by atoms with Crippen LogP contribution in [0.4, 0.5) is 4.39 Å². The van der Waals surface area contributed by atoms with Crippen molar-refractivity contribution in [2.75, 3.05) is 5.88 Å². The van der Waals surface area contributed by atoms with E-state index in [0.29, 0.717) is 17.9 Å². The number of pyridine rings is 1. The second kappa shape index (κ2) is 5.45. The van der Waals surface area contributed by atoms with Crippen LogP contribution in [-0.2, 0) is 6.42 Å². The van der Waals surface area contributed by atoms with Crippen LogP contribution < -0.4 is 0 Å². The number of imidazole rings is 1. The molecule has 0 saturated heterocycles. The summed E-state index contributed by atoms with van der Waals surface area (Å²) in [4.78, 5) is 9.16. The lowest BCUT2D eigenvalue weighted by Crippen LogP contribution is -2.04. The molecule has 3 rings (SSSR count). The molecule has 0 unspecified atom stereocenters. The topological polar surface area (TPSA) is 30.7 Å². The fraction of sp³-hybridized carbons (Fsp3) is 0.250. The van der Waals surface area contributed by atoms with E-state index < -0.39 is 0 Å². The Morgan fingerprint density at radius 2 is 1.95 bits per heavy atom. The molecule has 0 aliphatic heterocycles. The molecule has 1 aromatic carbocycles. The summed E-state index contributed by atoms with van der Waals surface area (Å²) in [5, 5.41) is 0. The van der Waals surface area contributed by atoms with E-state index in [2.05, 4.69) is 9.97 Å². The van der Waals surface area contributed by atoms with E-state index in [4.69, 9.17) is 11.6 Å². The van der Waals surface area contributed by atoms with Crippen LogP contribution >= 0.6 is 11.6 Å². The first-order chi connectivity index (χ1) is 10.1. The number of aryl methyl sites for hydroxylation is 3. The van der Waals surface area contributed by atoms with E-state index in [1.54, 1.807) is 19.1 Å². The van der Waals surface area contributed by atoms with E-state index in [0.717, 1.165) is 28.4 Å². The number of hydrogen-bond donors (Lipinski definition) is 0. The second-order valence-corrected chi connectivity index (χ2v) is 5.41. The molecule has 3 aromatic rings. The summed E-state index contributed by atoms with van der Waals surface area (Å²) in [6, 6.07) is 8.89. The normalized spacial score (nSPS) is 11.2. The molecule has 0 fully saturated rings. The van der Waals surface area contributed by atoms with Crippen molar-refractivity contribution in [2.24, 2.45) is 0 Å². The standard InChI is InChI=1S/C16H15ClFN3/c1-10-9-12(4-5-13(10)18)21-15(7-8-17)20-14-6-3-11(2)19-16(14)21/h3-6,9H,7-8H2,1-2H3. The Labute approximate surface area is 127 Å². The first-order valence-electron chi connectivity index (χ1n) is 6.77. The van der Waals surface area contributed by atoms with Crippen LogP contribution in [0.1, 0.15) is 17.1 Å². The third-order valence-corrected chi connectivity index (χ3v) is 3.62. The van der Waals surface area contributed by atoms with Gasteiger partial charge >= 0.3 is 0 Å². The van der Waals surface area contributed by atoms with Gasteiger partial charge in [-0.1, -0.05) is 0 Å². The van der Waals surface area contributed by atoms with Gasteiger partial charge in [-0.15, -0.1) is 11.6 Å². The molecule has 5 heteroatoms. The maximum absolute atomic E-state index is 13.5. The van der Waals surface area contributed by atoms with Gasteiger partial charge < -0.3 is 0 Å². The molecule has 0 saturated carbocycles. The van der Waals surface area contributed by atoms with E-state index in [1.165, 1.54) is 6.07 Å². The van der Waals surface area contributed by atoms with Gasteiger partial charge in [0, 0.05) is 23.7 Å². The predicted molar refractivity (Wildman–Crippen MR) is 82.7 cm³/mol. The highest BCUT2D eigenvalue weighted by molar-refractivity contribution is 6.17. The lowest BCUT2D eigenvalue weighted by Gasteiger charge is -2.09. The van der Waals surface area contributed by atoms with Crippen LogP contribution in [0.25, 0.3) is 16.9 Å². The fourth-order valence-corrected chi connectivity index (χ4v) is 2.56. The molecular weight excluding hydrogens is 289 g/mol. The van der Waals surface area contributed by atoms with Crippen molar-refractivity contribution in [1.82, 2.24) is 14.5 Å². The van der Waals surface area contributed by atoms with Gasteiger partial charge in [0.2, 0.25) is 0 Å². The molecule has 0 amide bonds. The summed E-state index contributed by atoms with van der Waals surface area (Å²) >= 11 is 5.88. The largest absolute Gasteiger partial charge is 0.281 e. The van der Waals surface area contributed by atoms with Gasteiger partial charge in [-0.05, 0) is 49.7 Å². The van der Waals surface area contributed by atoms with Gasteiger partial charge in [0.25, 0.3) is 0 Å². The summed E-state index contributed by atoms with van der Waals surface area (Å²) in [5.74, 6) is 1.10. The Morgan fingerprint density at radius 1 is 1.14 bits per heavy atom. The summed E-state index contributed by atoms with van der Waals surface area (Å²) in [5.41, 5.74) is 3.97. The number of halogens is 2. The first kappa shape index (κ1) is 14.0. The van der Waals surface area contributed by atoms with Crippen molar-refractivity contribution < 1.29 is 4.39 Å². The van der Waals surface area contributed by atoms with Crippen molar-refractivity contribution in [3.05, 3.63) is 53.2 Å². The van der Waals surface area contributed by atoms with Crippen molar-refractivity contribution in [1.29, 1.82) is 0 Å². The van der Waals surface area contributed by atoms with Crippen LogP contribution in [0.15, 0.2) is 30.3 Å². The number of aromatic nitrogens is 3. The number of fused-ring (bicyclic) bond motifs is 1. The molecule has 0 aliphatic carbocycles. The van der Waals surface area contributed by atoms with Gasteiger partial charge in [0.1, 0.15) is 17.2 Å². The number of rotatable bonds is 3. The molecule has 3 nitrogen and oxygen atoms in total. The Kier molecular flexibility index (Phi) is 3.64. The quantitative estimate of drug-likeness (QED) is 0.686. The third kappa shape index (κ3) is 2.51. The Morgan fingerprint density at radius 3 is 2.67 bits per heavy atom. The third-order valence-electron chi connectivity index (χ3n) is 3.43. The van der Waals surface area contributed by atoms with E-state index >= 15 is 0 Å². The molecular formula is C16H15ClFN3. The molecule has 0 atom stereocenters. The zero-order valence-corrected chi connectivity index (χ0v) is 12.7. The summed E-state index contributed by atoms with van der Waals surface area (Å²) in [6.07, 6.45) is 0.632. The Balaban J connectivity index is 2.29. The second-order valence-electron chi connectivity index (χ2n) is 5.03. The highest BCUT2D eigenvalue weighted by atomic mass is 35.5. The Hall–Kier alpha value is -1.94. The average molecular weight is 304 g/mol. The van der Waals surface area contributed by atoms with Crippen LogP contribution in [0, 0.1) is 19.7 Å². The Bertz CT molecular complexity index is 811. The number of benzene rings is 1. The minimum absolute atomic E-state index is 0.216. The maximum atomic E-state index is 13.5. The molecule has 0 N–H and O–H groups in total. The summed E-state index contributed by atoms with van der Waals surface area (Å²) in [6.45, 7) is 3.69. The van der Waals surface area contributed by atoms with Crippen molar-refractivity contribution in [3.63, 3.8) is 0 Å². The van der Waals surface area contributed by atoms with Gasteiger partial charge in [-0.3, -0.25) is 4.57 Å². The van der Waals surface area contributed by atoms with Crippen molar-refractivity contribution >= 4 is 22.8 Å². The zero-order valence-electron chi connectivity index (χ0n) is 11.9. The zero-order chi connectivity index (χ0) is 15.0. The predicted octanol–water partition coefficient (Wildman–Crippen LogP) is 3.96. The van der Waals surface area contributed by atoms with E-state index in [1.807, 2.05) is 23.6 Å². The molecule has 0 bridgehead atoms. The van der Waals surface area contributed by atoms with Gasteiger partial charge in [-0.2, -0.15) is 0 Å².